The third kappa shape index (κ3) is 4.53. The Balaban J connectivity index is 1.46. The number of benzene rings is 1. The highest BCUT2D eigenvalue weighted by Crippen LogP contribution is 2.25. The van der Waals surface area contributed by atoms with Gasteiger partial charge >= 0.3 is 0 Å². The Kier molecular flexibility index (Phi) is 5.95. The number of hydrogen-bond donors (Lipinski definition) is 1. The molecule has 25 heavy (non-hydrogen) atoms. The first-order chi connectivity index (χ1) is 12.2. The number of piperidine rings is 1. The Morgan fingerprint density at radius 1 is 1.12 bits per heavy atom. The summed E-state index contributed by atoms with van der Waals surface area (Å²) in [5.41, 5.74) is 0.923. The van der Waals surface area contributed by atoms with Gasteiger partial charge in [-0.25, -0.2) is 0 Å². The number of nitrogens with one attached hydrogen (secondary N) is 1. The summed E-state index contributed by atoms with van der Waals surface area (Å²) >= 11 is 0. The van der Waals surface area contributed by atoms with Crippen LogP contribution in [0.3, 0.4) is 0 Å². The molecule has 5 heteroatoms. The first kappa shape index (κ1) is 17.8. The zero-order valence-electron chi connectivity index (χ0n) is 15.0. The van der Waals surface area contributed by atoms with Crippen LogP contribution in [0.5, 0.6) is 5.75 Å². The second-order valence-electron chi connectivity index (χ2n) is 7.13. The number of amides is 2. The lowest BCUT2D eigenvalue weighted by molar-refractivity contribution is -0.131. The van der Waals surface area contributed by atoms with Crippen molar-refractivity contribution in [3.05, 3.63) is 29.8 Å². The van der Waals surface area contributed by atoms with Crippen molar-refractivity contribution in [2.75, 3.05) is 20.2 Å². The number of methoxy groups -OCH3 is 1. The fraction of sp³-hybridized carbons (Fsp3) is 0.600. The third-order valence-corrected chi connectivity index (χ3v) is 5.45. The lowest BCUT2D eigenvalue weighted by Gasteiger charge is -2.33. The minimum Gasteiger partial charge on any atom is -0.496 e. The second-order valence-corrected chi connectivity index (χ2v) is 7.13. The summed E-state index contributed by atoms with van der Waals surface area (Å²) in [5.74, 6) is 1.32. The number of carbonyl (C=O) groups excluding carboxylic acids is 2. The van der Waals surface area contributed by atoms with E-state index in [1.165, 1.54) is 12.8 Å². The zero-order chi connectivity index (χ0) is 17.6. The Morgan fingerprint density at radius 2 is 1.80 bits per heavy atom. The van der Waals surface area contributed by atoms with Crippen molar-refractivity contribution < 1.29 is 14.3 Å². The summed E-state index contributed by atoms with van der Waals surface area (Å²) in [6.07, 6.45) is 6.46. The standard InChI is InChI=1S/C20H28N2O3/c1-25-18-9-5-4-8-16(18)14-19(23)22-12-10-17(11-13-22)21-20(24)15-6-2-3-7-15/h4-5,8-9,15,17H,2-3,6-7,10-14H2,1H3,(H,21,24). The lowest BCUT2D eigenvalue weighted by atomic mass is 10.0. The zero-order valence-corrected chi connectivity index (χ0v) is 15.0. The highest BCUT2D eigenvalue weighted by atomic mass is 16.5. The van der Waals surface area contributed by atoms with Gasteiger partial charge in [0, 0.05) is 30.6 Å². The fourth-order valence-electron chi connectivity index (χ4n) is 3.90. The number of carbonyl (C=O) groups is 2. The quantitative estimate of drug-likeness (QED) is 0.893. The van der Waals surface area contributed by atoms with Crippen LogP contribution in [-0.2, 0) is 16.0 Å². The molecule has 136 valence electrons. The first-order valence-electron chi connectivity index (χ1n) is 9.37. The molecule has 1 saturated carbocycles. The lowest BCUT2D eigenvalue weighted by Crippen LogP contribution is -2.48. The van der Waals surface area contributed by atoms with Crippen LogP contribution in [0.2, 0.25) is 0 Å². The van der Waals surface area contributed by atoms with Gasteiger partial charge in [0.1, 0.15) is 5.75 Å². The van der Waals surface area contributed by atoms with Crippen LogP contribution in [0.4, 0.5) is 0 Å². The van der Waals surface area contributed by atoms with E-state index >= 15 is 0 Å². The molecule has 3 rings (SSSR count). The average molecular weight is 344 g/mol. The summed E-state index contributed by atoms with van der Waals surface area (Å²) in [6.45, 7) is 1.42. The minimum absolute atomic E-state index is 0.130. The van der Waals surface area contributed by atoms with Gasteiger partial charge in [-0.3, -0.25) is 9.59 Å². The molecule has 1 aromatic carbocycles. The summed E-state index contributed by atoms with van der Waals surface area (Å²) in [4.78, 5) is 26.7. The second kappa shape index (κ2) is 8.37. The predicted octanol–water partition coefficient (Wildman–Crippen LogP) is 2.54. The fourth-order valence-corrected chi connectivity index (χ4v) is 3.90. The minimum atomic E-state index is 0.130. The van der Waals surface area contributed by atoms with Gasteiger partial charge in [-0.1, -0.05) is 31.0 Å². The van der Waals surface area contributed by atoms with Crippen LogP contribution in [0, 0.1) is 5.92 Å². The van der Waals surface area contributed by atoms with Gasteiger partial charge in [0.25, 0.3) is 0 Å². The molecule has 1 N–H and O–H groups in total. The maximum atomic E-state index is 12.6. The molecular weight excluding hydrogens is 316 g/mol. The molecule has 0 bridgehead atoms. The van der Waals surface area contributed by atoms with Gasteiger partial charge in [0.05, 0.1) is 13.5 Å². The molecule has 1 aliphatic carbocycles. The first-order valence-corrected chi connectivity index (χ1v) is 9.37. The molecule has 0 unspecified atom stereocenters. The predicted molar refractivity (Wildman–Crippen MR) is 96.4 cm³/mol. The molecule has 5 nitrogen and oxygen atoms in total. The van der Waals surface area contributed by atoms with Crippen molar-refractivity contribution in [3.63, 3.8) is 0 Å². The molecule has 1 saturated heterocycles. The Hall–Kier alpha value is -2.04. The van der Waals surface area contributed by atoms with Crippen LogP contribution in [0.1, 0.15) is 44.1 Å². The van der Waals surface area contributed by atoms with E-state index in [-0.39, 0.29) is 23.8 Å². The van der Waals surface area contributed by atoms with Gasteiger partial charge in [0.15, 0.2) is 0 Å². The molecule has 2 amide bonds. The number of para-hydroxylation sites is 1. The molecule has 2 aliphatic rings. The third-order valence-electron chi connectivity index (χ3n) is 5.45. The topological polar surface area (TPSA) is 58.6 Å². The van der Waals surface area contributed by atoms with E-state index in [1.807, 2.05) is 29.2 Å². The van der Waals surface area contributed by atoms with Crippen LogP contribution >= 0.6 is 0 Å². The van der Waals surface area contributed by atoms with Crippen molar-refractivity contribution >= 4 is 11.8 Å². The summed E-state index contributed by atoms with van der Waals surface area (Å²) in [7, 11) is 1.63. The normalized spacial score (nSPS) is 19.0. The molecule has 2 fully saturated rings. The highest BCUT2D eigenvalue weighted by Gasteiger charge is 2.28. The molecule has 0 radical (unpaired) electrons. The highest BCUT2D eigenvalue weighted by molar-refractivity contribution is 5.80. The van der Waals surface area contributed by atoms with E-state index < -0.39 is 0 Å². The van der Waals surface area contributed by atoms with Crippen LogP contribution in [-0.4, -0.2) is 43.0 Å². The summed E-state index contributed by atoms with van der Waals surface area (Å²) in [5, 5.41) is 3.19. The monoisotopic (exact) mass is 344 g/mol. The smallest absolute Gasteiger partial charge is 0.227 e. The SMILES string of the molecule is COc1ccccc1CC(=O)N1CCC(NC(=O)C2CCCC2)CC1. The molecule has 0 spiro atoms. The van der Waals surface area contributed by atoms with Gasteiger partial charge in [-0.15, -0.1) is 0 Å². The van der Waals surface area contributed by atoms with E-state index in [1.54, 1.807) is 7.11 Å². The number of ether oxygens (including phenoxy) is 1. The van der Waals surface area contributed by atoms with Crippen molar-refractivity contribution in [1.82, 2.24) is 10.2 Å². The molecule has 1 heterocycles. The van der Waals surface area contributed by atoms with Gasteiger partial charge < -0.3 is 15.0 Å². The van der Waals surface area contributed by atoms with E-state index in [0.717, 1.165) is 37.0 Å². The molecule has 1 aliphatic heterocycles. The van der Waals surface area contributed by atoms with Crippen molar-refractivity contribution in [2.45, 2.75) is 51.0 Å². The summed E-state index contributed by atoms with van der Waals surface area (Å²) in [6, 6.07) is 7.86. The molecule has 1 aromatic rings. The van der Waals surface area contributed by atoms with Crippen molar-refractivity contribution in [3.8, 4) is 5.75 Å². The molecule has 0 atom stereocenters. The van der Waals surface area contributed by atoms with Gasteiger partial charge in [0.2, 0.25) is 11.8 Å². The van der Waals surface area contributed by atoms with E-state index in [9.17, 15) is 9.59 Å². The van der Waals surface area contributed by atoms with Crippen LogP contribution < -0.4 is 10.1 Å². The largest absolute Gasteiger partial charge is 0.496 e. The number of hydrogen-bond acceptors (Lipinski definition) is 3. The van der Waals surface area contributed by atoms with Gasteiger partial charge in [-0.2, -0.15) is 0 Å². The van der Waals surface area contributed by atoms with E-state index in [0.29, 0.717) is 19.5 Å². The number of likely N-dealkylation sites (tertiary alicyclic amines) is 1. The van der Waals surface area contributed by atoms with Crippen molar-refractivity contribution in [2.24, 2.45) is 5.92 Å². The Labute approximate surface area is 149 Å². The Morgan fingerprint density at radius 3 is 2.48 bits per heavy atom. The Bertz CT molecular complexity index is 603. The molecular formula is C20H28N2O3. The van der Waals surface area contributed by atoms with Crippen LogP contribution in [0.15, 0.2) is 24.3 Å². The maximum absolute atomic E-state index is 12.6. The van der Waals surface area contributed by atoms with Crippen LogP contribution in [0.25, 0.3) is 0 Å². The maximum Gasteiger partial charge on any atom is 0.227 e. The summed E-state index contributed by atoms with van der Waals surface area (Å²) < 4.78 is 5.32. The van der Waals surface area contributed by atoms with Gasteiger partial charge in [-0.05, 0) is 31.7 Å². The number of rotatable bonds is 5. The average Bonchev–Trinajstić information content (AvgIpc) is 3.17. The van der Waals surface area contributed by atoms with E-state index in [2.05, 4.69) is 5.32 Å². The molecule has 0 aromatic heterocycles. The number of nitrogens with zero attached hydrogens (tertiary/aromatic N) is 1. The van der Waals surface area contributed by atoms with Crippen molar-refractivity contribution in [1.29, 1.82) is 0 Å². The van der Waals surface area contributed by atoms with E-state index in [4.69, 9.17) is 4.74 Å².